The monoisotopic (exact) mass is 320 g/mol. The first-order chi connectivity index (χ1) is 10.4. The van der Waals surface area contributed by atoms with Crippen LogP contribution in [0.1, 0.15) is 38.7 Å². The first-order valence-electron chi connectivity index (χ1n) is 7.72. The van der Waals surface area contributed by atoms with Crippen molar-refractivity contribution in [1.29, 1.82) is 0 Å². The van der Waals surface area contributed by atoms with Crippen LogP contribution >= 0.6 is 12.6 Å². The Kier molecular flexibility index (Phi) is 5.51. The van der Waals surface area contributed by atoms with Crippen molar-refractivity contribution >= 4 is 24.4 Å². The molecule has 0 aromatic heterocycles. The minimum Gasteiger partial charge on any atom is -0.349 e. The third-order valence-corrected chi connectivity index (χ3v) is 4.38. The maximum Gasteiger partial charge on any atom is 0.242 e. The Morgan fingerprint density at radius 2 is 2.09 bits per heavy atom. The van der Waals surface area contributed by atoms with Crippen molar-refractivity contribution in [3.63, 3.8) is 0 Å². The number of hydrogen-bond acceptors (Lipinski definition) is 3. The second-order valence-electron chi connectivity index (χ2n) is 6.53. The molecule has 0 saturated carbocycles. The van der Waals surface area contributed by atoms with Crippen molar-refractivity contribution in [3.05, 3.63) is 35.9 Å². The number of benzene rings is 1. The molecule has 5 heteroatoms. The number of carbonyl (C=O) groups is 2. The molecular weight excluding hydrogens is 296 g/mol. The average molecular weight is 320 g/mol. The molecule has 1 aliphatic heterocycles. The quantitative estimate of drug-likeness (QED) is 0.744. The van der Waals surface area contributed by atoms with Crippen LogP contribution in [0, 0.1) is 0 Å². The number of thiol groups is 1. The minimum absolute atomic E-state index is 0.101. The molecule has 2 amide bonds. The number of rotatable bonds is 4. The number of amides is 2. The molecular formula is C17H24N2O2S. The van der Waals surface area contributed by atoms with Crippen LogP contribution in [0.4, 0.5) is 0 Å². The number of nitrogens with one attached hydrogen (secondary N) is 2. The Bertz CT molecular complexity index is 531. The maximum absolute atomic E-state index is 12.3. The lowest BCUT2D eigenvalue weighted by atomic mass is 9.99. The molecule has 1 fully saturated rings. The Hall–Kier alpha value is -1.49. The van der Waals surface area contributed by atoms with Gasteiger partial charge in [-0.25, -0.2) is 0 Å². The zero-order chi connectivity index (χ0) is 16.2. The molecule has 0 aliphatic carbocycles. The van der Waals surface area contributed by atoms with Gasteiger partial charge in [0.05, 0.1) is 5.25 Å². The number of carbonyl (C=O) groups excluding carboxylic acids is 2. The highest BCUT2D eigenvalue weighted by Crippen LogP contribution is 2.19. The van der Waals surface area contributed by atoms with Crippen molar-refractivity contribution in [1.82, 2.24) is 10.6 Å². The van der Waals surface area contributed by atoms with Crippen molar-refractivity contribution in [3.8, 4) is 0 Å². The van der Waals surface area contributed by atoms with E-state index < -0.39 is 11.3 Å². The van der Waals surface area contributed by atoms with Gasteiger partial charge in [-0.2, -0.15) is 12.6 Å². The molecule has 120 valence electrons. The molecule has 2 unspecified atom stereocenters. The average Bonchev–Trinajstić information content (AvgIpc) is 2.58. The third-order valence-electron chi connectivity index (χ3n) is 3.96. The van der Waals surface area contributed by atoms with Gasteiger partial charge in [0.2, 0.25) is 11.8 Å². The van der Waals surface area contributed by atoms with Crippen molar-refractivity contribution in [2.75, 3.05) is 0 Å². The summed E-state index contributed by atoms with van der Waals surface area (Å²) < 4.78 is 0. The summed E-state index contributed by atoms with van der Waals surface area (Å²) in [6, 6.07) is 9.30. The van der Waals surface area contributed by atoms with Gasteiger partial charge in [0.15, 0.2) is 0 Å². The molecule has 0 radical (unpaired) electrons. The van der Waals surface area contributed by atoms with Crippen LogP contribution in [0.3, 0.4) is 0 Å². The molecule has 1 saturated heterocycles. The summed E-state index contributed by atoms with van der Waals surface area (Å²) in [6.45, 7) is 4.01. The van der Waals surface area contributed by atoms with E-state index in [9.17, 15) is 9.59 Å². The van der Waals surface area contributed by atoms with E-state index in [-0.39, 0.29) is 17.4 Å². The fourth-order valence-corrected chi connectivity index (χ4v) is 2.98. The Labute approximate surface area is 137 Å². The van der Waals surface area contributed by atoms with E-state index in [0.29, 0.717) is 12.8 Å². The molecule has 22 heavy (non-hydrogen) atoms. The van der Waals surface area contributed by atoms with Crippen LogP contribution in [0.2, 0.25) is 0 Å². The highest BCUT2D eigenvalue weighted by molar-refractivity contribution is 7.81. The zero-order valence-electron chi connectivity index (χ0n) is 13.1. The normalized spacial score (nSPS) is 22.3. The fourth-order valence-electron chi connectivity index (χ4n) is 2.70. The van der Waals surface area contributed by atoms with E-state index in [1.807, 2.05) is 44.2 Å². The lowest BCUT2D eigenvalue weighted by Crippen LogP contribution is -2.52. The highest BCUT2D eigenvalue weighted by atomic mass is 32.1. The Balaban J connectivity index is 1.92. The standard InChI is InChI=1S/C17H24N2O2S/c1-17(2)10-6-9-13(15(20)19-17)18-16(21)14(22)11-12-7-4-3-5-8-12/h3-5,7-8,13-14,22H,6,9-11H2,1-2H3,(H,18,21)(H,19,20). The molecule has 2 rings (SSSR count). The molecule has 4 nitrogen and oxygen atoms in total. The molecule has 1 aromatic carbocycles. The second-order valence-corrected chi connectivity index (χ2v) is 7.16. The predicted octanol–water partition coefficient (Wildman–Crippen LogP) is 2.09. The van der Waals surface area contributed by atoms with Crippen molar-refractivity contribution in [2.24, 2.45) is 0 Å². The summed E-state index contributed by atoms with van der Waals surface area (Å²) in [7, 11) is 0. The minimum atomic E-state index is -0.459. The molecule has 0 spiro atoms. The van der Waals surface area contributed by atoms with Crippen LogP contribution in [0.25, 0.3) is 0 Å². The molecule has 1 heterocycles. The summed E-state index contributed by atoms with van der Waals surface area (Å²) in [5, 5.41) is 5.37. The van der Waals surface area contributed by atoms with E-state index in [4.69, 9.17) is 0 Å². The zero-order valence-corrected chi connectivity index (χ0v) is 14.0. The van der Waals surface area contributed by atoms with Gasteiger partial charge in [0.25, 0.3) is 0 Å². The van der Waals surface area contributed by atoms with E-state index >= 15 is 0 Å². The van der Waals surface area contributed by atoms with Crippen molar-refractivity contribution < 1.29 is 9.59 Å². The van der Waals surface area contributed by atoms with Gasteiger partial charge in [0.1, 0.15) is 6.04 Å². The van der Waals surface area contributed by atoms with Gasteiger partial charge in [-0.1, -0.05) is 30.3 Å². The van der Waals surface area contributed by atoms with Crippen LogP contribution in [-0.2, 0) is 16.0 Å². The van der Waals surface area contributed by atoms with E-state index in [0.717, 1.165) is 18.4 Å². The third kappa shape index (κ3) is 4.77. The van der Waals surface area contributed by atoms with Gasteiger partial charge in [-0.05, 0) is 45.1 Å². The van der Waals surface area contributed by atoms with E-state index in [2.05, 4.69) is 23.3 Å². The fraction of sp³-hybridized carbons (Fsp3) is 0.529. The van der Waals surface area contributed by atoms with Gasteiger partial charge < -0.3 is 10.6 Å². The Morgan fingerprint density at radius 3 is 2.77 bits per heavy atom. The summed E-state index contributed by atoms with van der Waals surface area (Å²) in [5.74, 6) is -0.289. The summed E-state index contributed by atoms with van der Waals surface area (Å²) >= 11 is 4.38. The van der Waals surface area contributed by atoms with Crippen LogP contribution in [0.5, 0.6) is 0 Å². The maximum atomic E-state index is 12.3. The first kappa shape index (κ1) is 16.9. The topological polar surface area (TPSA) is 58.2 Å². The van der Waals surface area contributed by atoms with Gasteiger partial charge in [-0.15, -0.1) is 0 Å². The smallest absolute Gasteiger partial charge is 0.242 e. The Morgan fingerprint density at radius 1 is 1.41 bits per heavy atom. The van der Waals surface area contributed by atoms with Gasteiger partial charge >= 0.3 is 0 Å². The summed E-state index contributed by atoms with van der Waals surface area (Å²) in [4.78, 5) is 24.5. The summed E-state index contributed by atoms with van der Waals surface area (Å²) in [6.07, 6.45) is 3.05. The second kappa shape index (κ2) is 7.18. The molecule has 1 aliphatic rings. The lowest BCUT2D eigenvalue weighted by Gasteiger charge is -2.24. The van der Waals surface area contributed by atoms with Crippen molar-refractivity contribution in [2.45, 2.75) is 56.4 Å². The van der Waals surface area contributed by atoms with Crippen LogP contribution in [-0.4, -0.2) is 28.6 Å². The molecule has 2 atom stereocenters. The van der Waals surface area contributed by atoms with Crippen LogP contribution in [0.15, 0.2) is 30.3 Å². The largest absolute Gasteiger partial charge is 0.349 e. The SMILES string of the molecule is CC1(C)CCCC(NC(=O)C(S)Cc2ccccc2)C(=O)N1. The molecule has 0 bridgehead atoms. The highest BCUT2D eigenvalue weighted by Gasteiger charge is 2.31. The number of hydrogen-bond donors (Lipinski definition) is 3. The first-order valence-corrected chi connectivity index (χ1v) is 8.23. The summed E-state index contributed by atoms with van der Waals surface area (Å²) in [5.41, 5.74) is 0.852. The van der Waals surface area contributed by atoms with Crippen LogP contribution < -0.4 is 10.6 Å². The van der Waals surface area contributed by atoms with Gasteiger partial charge in [0, 0.05) is 5.54 Å². The molecule has 2 N–H and O–H groups in total. The van der Waals surface area contributed by atoms with E-state index in [1.54, 1.807) is 0 Å². The van der Waals surface area contributed by atoms with E-state index in [1.165, 1.54) is 0 Å². The predicted molar refractivity (Wildman–Crippen MR) is 90.9 cm³/mol. The lowest BCUT2D eigenvalue weighted by molar-refractivity contribution is -0.129. The van der Waals surface area contributed by atoms with Gasteiger partial charge in [-0.3, -0.25) is 9.59 Å². The molecule has 1 aromatic rings.